The van der Waals surface area contributed by atoms with E-state index in [0.29, 0.717) is 11.1 Å². The third-order valence-electron chi connectivity index (χ3n) is 3.99. The number of nitrogens with zero attached hydrogens (tertiary/aromatic N) is 1. The van der Waals surface area contributed by atoms with E-state index < -0.39 is 11.9 Å². The zero-order chi connectivity index (χ0) is 14.4. The van der Waals surface area contributed by atoms with Crippen LogP contribution in [-0.4, -0.2) is 36.5 Å². The van der Waals surface area contributed by atoms with Crippen LogP contribution in [0.5, 0.6) is 0 Å². The maximum Gasteiger partial charge on any atom is 0.346 e. The highest BCUT2D eigenvalue weighted by molar-refractivity contribution is 7.99. The summed E-state index contributed by atoms with van der Waals surface area (Å²) in [5.41, 5.74) is 2.06. The van der Waals surface area contributed by atoms with Crippen LogP contribution in [0.2, 0.25) is 0 Å². The predicted octanol–water partition coefficient (Wildman–Crippen LogP) is 2.70. The van der Waals surface area contributed by atoms with Gasteiger partial charge >= 0.3 is 11.9 Å². The lowest BCUT2D eigenvalue weighted by Crippen LogP contribution is -2.32. The van der Waals surface area contributed by atoms with Gasteiger partial charge in [0.1, 0.15) is 0 Å². The van der Waals surface area contributed by atoms with Gasteiger partial charge in [0.05, 0.1) is 11.1 Å². The van der Waals surface area contributed by atoms with Gasteiger partial charge in [0.15, 0.2) is 0 Å². The van der Waals surface area contributed by atoms with Crippen molar-refractivity contribution in [2.24, 2.45) is 0 Å². The van der Waals surface area contributed by atoms with Crippen molar-refractivity contribution in [3.63, 3.8) is 0 Å². The highest BCUT2D eigenvalue weighted by atomic mass is 32.2. The average Bonchev–Trinajstić information content (AvgIpc) is 2.53. The number of hydrogen-bond acceptors (Lipinski definition) is 5. The molecule has 0 N–H and O–H groups in total. The molecule has 2 aromatic rings. The fourth-order valence-corrected chi connectivity index (χ4v) is 3.91. The van der Waals surface area contributed by atoms with Crippen LogP contribution in [0.3, 0.4) is 0 Å². The second-order valence-corrected chi connectivity index (χ2v) is 6.36. The zero-order valence-electron chi connectivity index (χ0n) is 11.3. The van der Waals surface area contributed by atoms with E-state index in [-0.39, 0.29) is 0 Å². The summed E-state index contributed by atoms with van der Waals surface area (Å²) in [5, 5.41) is 1.69. The summed E-state index contributed by atoms with van der Waals surface area (Å²) < 4.78 is 4.79. The Kier molecular flexibility index (Phi) is 2.89. The Labute approximate surface area is 126 Å². The van der Waals surface area contributed by atoms with Crippen LogP contribution in [0.15, 0.2) is 30.3 Å². The molecule has 5 heteroatoms. The first-order valence-electron chi connectivity index (χ1n) is 6.90. The first kappa shape index (κ1) is 12.7. The van der Waals surface area contributed by atoms with Gasteiger partial charge in [0, 0.05) is 41.1 Å². The van der Waals surface area contributed by atoms with Crippen molar-refractivity contribution in [3.05, 3.63) is 41.5 Å². The SMILES string of the molecule is O=C1OC(=O)c2ccc(N3CCSCC3)c3cccc1c23. The molecule has 1 saturated heterocycles. The topological polar surface area (TPSA) is 46.6 Å². The fourth-order valence-electron chi connectivity index (χ4n) is 3.01. The van der Waals surface area contributed by atoms with E-state index in [1.165, 1.54) is 0 Å². The van der Waals surface area contributed by atoms with E-state index in [9.17, 15) is 9.59 Å². The van der Waals surface area contributed by atoms with Crippen LogP contribution in [0.1, 0.15) is 20.7 Å². The molecule has 0 unspecified atom stereocenters. The number of ether oxygens (including phenoxy) is 1. The lowest BCUT2D eigenvalue weighted by atomic mass is 9.95. The molecule has 106 valence electrons. The maximum atomic E-state index is 11.9. The molecule has 0 amide bonds. The van der Waals surface area contributed by atoms with E-state index in [2.05, 4.69) is 4.90 Å². The second kappa shape index (κ2) is 4.77. The molecule has 0 saturated carbocycles. The van der Waals surface area contributed by atoms with E-state index in [0.717, 1.165) is 41.1 Å². The number of esters is 2. The van der Waals surface area contributed by atoms with Crippen LogP contribution in [-0.2, 0) is 4.74 Å². The number of rotatable bonds is 1. The fraction of sp³-hybridized carbons (Fsp3) is 0.250. The summed E-state index contributed by atoms with van der Waals surface area (Å²) >= 11 is 1.95. The van der Waals surface area contributed by atoms with Crippen molar-refractivity contribution < 1.29 is 14.3 Å². The molecule has 0 aromatic heterocycles. The van der Waals surface area contributed by atoms with Gasteiger partial charge in [-0.2, -0.15) is 11.8 Å². The standard InChI is InChI=1S/C16H13NO3S/c18-15-11-3-1-2-10-13(17-6-8-21-9-7-17)5-4-12(14(10)11)16(19)20-15/h1-5H,6-9H2. The molecule has 2 aliphatic rings. The van der Waals surface area contributed by atoms with Crippen LogP contribution < -0.4 is 4.90 Å². The van der Waals surface area contributed by atoms with E-state index >= 15 is 0 Å². The van der Waals surface area contributed by atoms with Crippen LogP contribution in [0, 0.1) is 0 Å². The number of thioether (sulfide) groups is 1. The van der Waals surface area contributed by atoms with Gasteiger partial charge < -0.3 is 9.64 Å². The second-order valence-electron chi connectivity index (χ2n) is 5.14. The van der Waals surface area contributed by atoms with Crippen LogP contribution in [0.4, 0.5) is 5.69 Å². The van der Waals surface area contributed by atoms with Crippen molar-refractivity contribution in [1.29, 1.82) is 0 Å². The molecule has 4 nitrogen and oxygen atoms in total. The summed E-state index contributed by atoms with van der Waals surface area (Å²) in [6, 6.07) is 9.29. The molecule has 4 rings (SSSR count). The van der Waals surface area contributed by atoms with Crippen molar-refractivity contribution >= 4 is 40.2 Å². The summed E-state index contributed by atoms with van der Waals surface area (Å²) in [5.74, 6) is 1.10. The number of cyclic esters (lactones) is 2. The lowest BCUT2D eigenvalue weighted by molar-refractivity contribution is 0.0391. The van der Waals surface area contributed by atoms with Gasteiger partial charge in [-0.05, 0) is 18.2 Å². The van der Waals surface area contributed by atoms with Crippen LogP contribution >= 0.6 is 11.8 Å². The Morgan fingerprint density at radius 3 is 2.43 bits per heavy atom. The third-order valence-corrected chi connectivity index (χ3v) is 4.94. The van der Waals surface area contributed by atoms with Crippen molar-refractivity contribution in [2.45, 2.75) is 0 Å². The van der Waals surface area contributed by atoms with Crippen LogP contribution in [0.25, 0.3) is 10.8 Å². The third kappa shape index (κ3) is 1.92. The number of carbonyl (C=O) groups is 2. The summed E-state index contributed by atoms with van der Waals surface area (Å²) in [6.07, 6.45) is 0. The largest absolute Gasteiger partial charge is 0.386 e. The average molecular weight is 299 g/mol. The molecule has 21 heavy (non-hydrogen) atoms. The molecule has 0 aliphatic carbocycles. The molecule has 2 heterocycles. The molecule has 0 radical (unpaired) electrons. The van der Waals surface area contributed by atoms with Crippen molar-refractivity contribution in [3.8, 4) is 0 Å². The van der Waals surface area contributed by atoms with Gasteiger partial charge in [-0.1, -0.05) is 12.1 Å². The Bertz CT molecular complexity index is 745. The first-order valence-corrected chi connectivity index (χ1v) is 8.06. The number of anilines is 1. The molecule has 0 atom stereocenters. The maximum absolute atomic E-state index is 11.9. The van der Waals surface area contributed by atoms with E-state index in [4.69, 9.17) is 4.74 Å². The monoisotopic (exact) mass is 299 g/mol. The first-order chi connectivity index (χ1) is 10.3. The smallest absolute Gasteiger partial charge is 0.346 e. The zero-order valence-corrected chi connectivity index (χ0v) is 12.1. The van der Waals surface area contributed by atoms with E-state index in [1.54, 1.807) is 12.1 Å². The summed E-state index contributed by atoms with van der Waals surface area (Å²) in [7, 11) is 0. The lowest BCUT2D eigenvalue weighted by Gasteiger charge is -2.30. The highest BCUT2D eigenvalue weighted by Gasteiger charge is 2.28. The predicted molar refractivity (Wildman–Crippen MR) is 83.2 cm³/mol. The minimum Gasteiger partial charge on any atom is -0.386 e. The van der Waals surface area contributed by atoms with Gasteiger partial charge in [-0.3, -0.25) is 0 Å². The number of hydrogen-bond donors (Lipinski definition) is 0. The Balaban J connectivity index is 1.98. The molecule has 0 spiro atoms. The Hall–Kier alpha value is -2.01. The molecular weight excluding hydrogens is 286 g/mol. The number of benzene rings is 2. The van der Waals surface area contributed by atoms with Crippen molar-refractivity contribution in [2.75, 3.05) is 29.5 Å². The van der Waals surface area contributed by atoms with Gasteiger partial charge in [-0.25, -0.2) is 9.59 Å². The molecular formula is C16H13NO3S. The van der Waals surface area contributed by atoms with Gasteiger partial charge in [-0.15, -0.1) is 0 Å². The minimum atomic E-state index is -0.551. The Morgan fingerprint density at radius 1 is 0.952 bits per heavy atom. The molecule has 2 aromatic carbocycles. The Morgan fingerprint density at radius 2 is 1.67 bits per heavy atom. The highest BCUT2D eigenvalue weighted by Crippen LogP contribution is 2.35. The quantitative estimate of drug-likeness (QED) is 0.598. The summed E-state index contributed by atoms with van der Waals surface area (Å²) in [6.45, 7) is 1.98. The molecule has 1 fully saturated rings. The summed E-state index contributed by atoms with van der Waals surface area (Å²) in [4.78, 5) is 26.1. The minimum absolute atomic E-state index is 0.482. The number of carbonyl (C=O) groups excluding carboxylic acids is 2. The normalized spacial score (nSPS) is 18.0. The van der Waals surface area contributed by atoms with Gasteiger partial charge in [0.2, 0.25) is 0 Å². The molecule has 0 bridgehead atoms. The van der Waals surface area contributed by atoms with E-state index in [1.807, 2.05) is 30.0 Å². The van der Waals surface area contributed by atoms with Gasteiger partial charge in [0.25, 0.3) is 0 Å². The molecule has 2 aliphatic heterocycles. The van der Waals surface area contributed by atoms with Crippen molar-refractivity contribution in [1.82, 2.24) is 0 Å².